The first kappa shape index (κ1) is 12.1. The van der Waals surface area contributed by atoms with Gasteiger partial charge in [-0.3, -0.25) is 0 Å². The Bertz CT molecular complexity index is 510. The fourth-order valence-corrected chi connectivity index (χ4v) is 1.78. The molecule has 0 aliphatic carbocycles. The molecule has 0 bridgehead atoms. The second-order valence-corrected chi connectivity index (χ2v) is 4.17. The maximum Gasteiger partial charge on any atom is 0.249 e. The normalized spacial score (nSPS) is 10.8. The molecule has 0 saturated heterocycles. The van der Waals surface area contributed by atoms with E-state index in [9.17, 15) is 0 Å². The Hall–Kier alpha value is -1.39. The van der Waals surface area contributed by atoms with Crippen molar-refractivity contribution >= 4 is 11.6 Å². The molecule has 1 heterocycles. The topological polar surface area (TPSA) is 51.0 Å². The number of aryl methyl sites for hydroxylation is 1. The molecule has 0 radical (unpaired) electrons. The van der Waals surface area contributed by atoms with Crippen molar-refractivity contribution < 1.29 is 4.42 Å². The van der Waals surface area contributed by atoms with Crippen LogP contribution in [0.5, 0.6) is 0 Å². The van der Waals surface area contributed by atoms with Crippen LogP contribution in [0.1, 0.15) is 18.4 Å². The van der Waals surface area contributed by atoms with E-state index in [0.29, 0.717) is 23.3 Å². The highest BCUT2D eigenvalue weighted by Crippen LogP contribution is 2.27. The van der Waals surface area contributed by atoms with E-state index in [2.05, 4.69) is 15.5 Å². The van der Waals surface area contributed by atoms with Crippen LogP contribution in [0.25, 0.3) is 11.5 Å². The van der Waals surface area contributed by atoms with Gasteiger partial charge in [-0.1, -0.05) is 24.6 Å². The van der Waals surface area contributed by atoms with Gasteiger partial charge in [-0.2, -0.15) is 0 Å². The zero-order valence-electron chi connectivity index (χ0n) is 9.83. The number of nitrogens with one attached hydrogen (secondary N) is 1. The van der Waals surface area contributed by atoms with Crippen LogP contribution >= 0.6 is 11.6 Å². The van der Waals surface area contributed by atoms with Crippen LogP contribution in [-0.2, 0) is 6.54 Å². The van der Waals surface area contributed by atoms with E-state index in [0.717, 1.165) is 17.7 Å². The summed E-state index contributed by atoms with van der Waals surface area (Å²) in [6.45, 7) is 5.45. The van der Waals surface area contributed by atoms with Gasteiger partial charge < -0.3 is 9.73 Å². The lowest BCUT2D eigenvalue weighted by Gasteiger charge is -2.00. The first-order valence-corrected chi connectivity index (χ1v) is 5.88. The highest BCUT2D eigenvalue weighted by atomic mass is 35.5. The summed E-state index contributed by atoms with van der Waals surface area (Å²) in [7, 11) is 0. The van der Waals surface area contributed by atoms with Gasteiger partial charge in [0, 0.05) is 0 Å². The third kappa shape index (κ3) is 2.84. The third-order valence-corrected chi connectivity index (χ3v) is 2.66. The Labute approximate surface area is 105 Å². The molecule has 0 aliphatic heterocycles. The second kappa shape index (κ2) is 5.29. The van der Waals surface area contributed by atoms with Gasteiger partial charge in [-0.05, 0) is 31.2 Å². The predicted octanol–water partition coefficient (Wildman–Crippen LogP) is 2.81. The first-order valence-electron chi connectivity index (χ1n) is 5.50. The van der Waals surface area contributed by atoms with Crippen molar-refractivity contribution in [2.75, 3.05) is 6.54 Å². The molecule has 0 atom stereocenters. The summed E-state index contributed by atoms with van der Waals surface area (Å²) in [5, 5.41) is 11.7. The Morgan fingerprint density at radius 1 is 1.35 bits per heavy atom. The highest BCUT2D eigenvalue weighted by molar-refractivity contribution is 6.33. The smallest absolute Gasteiger partial charge is 0.249 e. The number of nitrogens with zero attached hydrogens (tertiary/aromatic N) is 2. The molecule has 0 amide bonds. The summed E-state index contributed by atoms with van der Waals surface area (Å²) >= 11 is 6.13. The summed E-state index contributed by atoms with van der Waals surface area (Å²) in [6.07, 6.45) is 0. The predicted molar refractivity (Wildman–Crippen MR) is 66.9 cm³/mol. The van der Waals surface area contributed by atoms with Gasteiger partial charge in [0.05, 0.1) is 17.1 Å². The molecule has 5 heteroatoms. The van der Waals surface area contributed by atoms with Crippen molar-refractivity contribution in [1.82, 2.24) is 15.5 Å². The van der Waals surface area contributed by atoms with Crippen LogP contribution in [0.15, 0.2) is 22.6 Å². The van der Waals surface area contributed by atoms with Crippen molar-refractivity contribution in [3.8, 4) is 11.5 Å². The van der Waals surface area contributed by atoms with Gasteiger partial charge in [0.15, 0.2) is 0 Å². The monoisotopic (exact) mass is 251 g/mol. The summed E-state index contributed by atoms with van der Waals surface area (Å²) in [6, 6.07) is 5.74. The minimum atomic E-state index is 0.461. The Morgan fingerprint density at radius 3 is 2.88 bits per heavy atom. The molecule has 17 heavy (non-hydrogen) atoms. The van der Waals surface area contributed by atoms with Gasteiger partial charge >= 0.3 is 0 Å². The molecular weight excluding hydrogens is 238 g/mol. The molecule has 2 aromatic rings. The number of aromatic nitrogens is 2. The van der Waals surface area contributed by atoms with Crippen LogP contribution < -0.4 is 5.32 Å². The quantitative estimate of drug-likeness (QED) is 0.908. The fraction of sp³-hybridized carbons (Fsp3) is 0.333. The largest absolute Gasteiger partial charge is 0.419 e. The number of rotatable bonds is 4. The summed E-state index contributed by atoms with van der Waals surface area (Å²) in [4.78, 5) is 0. The Morgan fingerprint density at radius 2 is 2.18 bits per heavy atom. The van der Waals surface area contributed by atoms with Crippen molar-refractivity contribution in [2.24, 2.45) is 0 Å². The molecule has 0 saturated carbocycles. The molecule has 90 valence electrons. The number of hydrogen-bond donors (Lipinski definition) is 1. The SMILES string of the molecule is CCNCc1nnc(-c2ccc(C)cc2Cl)o1. The van der Waals surface area contributed by atoms with Crippen molar-refractivity contribution in [3.63, 3.8) is 0 Å². The van der Waals surface area contributed by atoms with Crippen LogP contribution in [-0.4, -0.2) is 16.7 Å². The van der Waals surface area contributed by atoms with E-state index >= 15 is 0 Å². The van der Waals surface area contributed by atoms with Crippen LogP contribution in [0, 0.1) is 6.92 Å². The summed E-state index contributed by atoms with van der Waals surface area (Å²) in [5.41, 5.74) is 1.87. The lowest BCUT2D eigenvalue weighted by Crippen LogP contribution is -2.11. The van der Waals surface area contributed by atoms with E-state index < -0.39 is 0 Å². The molecule has 0 unspecified atom stereocenters. The van der Waals surface area contributed by atoms with Crippen molar-refractivity contribution in [1.29, 1.82) is 0 Å². The van der Waals surface area contributed by atoms with Crippen molar-refractivity contribution in [2.45, 2.75) is 20.4 Å². The minimum Gasteiger partial charge on any atom is -0.419 e. The van der Waals surface area contributed by atoms with Gasteiger partial charge in [-0.25, -0.2) is 0 Å². The molecule has 0 spiro atoms. The van der Waals surface area contributed by atoms with E-state index in [1.807, 2.05) is 32.0 Å². The lowest BCUT2D eigenvalue weighted by molar-refractivity contribution is 0.482. The average Bonchev–Trinajstić information content (AvgIpc) is 2.75. The first-order chi connectivity index (χ1) is 8.20. The second-order valence-electron chi connectivity index (χ2n) is 3.76. The van der Waals surface area contributed by atoms with Gasteiger partial charge in [0.1, 0.15) is 0 Å². The molecular formula is C12H14ClN3O. The number of halogens is 1. The molecule has 1 aromatic carbocycles. The molecule has 4 nitrogen and oxygen atoms in total. The van der Waals surface area contributed by atoms with Gasteiger partial charge in [-0.15, -0.1) is 10.2 Å². The minimum absolute atomic E-state index is 0.461. The molecule has 0 aliphatic rings. The lowest BCUT2D eigenvalue weighted by atomic mass is 10.1. The fourth-order valence-electron chi connectivity index (χ4n) is 1.46. The van der Waals surface area contributed by atoms with Gasteiger partial charge in [0.2, 0.25) is 11.8 Å². The average molecular weight is 252 g/mol. The standard InChI is InChI=1S/C12H14ClN3O/c1-3-14-7-11-15-16-12(17-11)9-5-4-8(2)6-10(9)13/h4-6,14H,3,7H2,1-2H3. The molecule has 2 rings (SSSR count). The Balaban J connectivity index is 2.24. The molecule has 1 N–H and O–H groups in total. The van der Waals surface area contributed by atoms with Crippen LogP contribution in [0.4, 0.5) is 0 Å². The maximum absolute atomic E-state index is 6.13. The van der Waals surface area contributed by atoms with E-state index in [1.165, 1.54) is 0 Å². The summed E-state index contributed by atoms with van der Waals surface area (Å²) < 4.78 is 5.52. The van der Waals surface area contributed by atoms with Gasteiger partial charge in [0.25, 0.3) is 0 Å². The van der Waals surface area contributed by atoms with E-state index in [-0.39, 0.29) is 0 Å². The molecule has 1 aromatic heterocycles. The third-order valence-electron chi connectivity index (χ3n) is 2.35. The maximum atomic E-state index is 6.13. The van der Waals surface area contributed by atoms with Crippen molar-refractivity contribution in [3.05, 3.63) is 34.7 Å². The zero-order chi connectivity index (χ0) is 12.3. The zero-order valence-corrected chi connectivity index (χ0v) is 10.6. The number of benzene rings is 1. The Kier molecular flexibility index (Phi) is 3.76. The van der Waals surface area contributed by atoms with Crippen LogP contribution in [0.2, 0.25) is 5.02 Å². The van der Waals surface area contributed by atoms with E-state index in [1.54, 1.807) is 0 Å². The van der Waals surface area contributed by atoms with Crippen LogP contribution in [0.3, 0.4) is 0 Å². The number of hydrogen-bond acceptors (Lipinski definition) is 4. The summed E-state index contributed by atoms with van der Waals surface area (Å²) in [5.74, 6) is 1.03. The van der Waals surface area contributed by atoms with E-state index in [4.69, 9.17) is 16.0 Å². The molecule has 0 fully saturated rings. The highest BCUT2D eigenvalue weighted by Gasteiger charge is 2.11.